The Balaban J connectivity index is 2.04. The number of piperazine rings is 1. The highest BCUT2D eigenvalue weighted by molar-refractivity contribution is 6.30. The smallest absolute Gasteiger partial charge is 0.144 e. The van der Waals surface area contributed by atoms with E-state index in [2.05, 4.69) is 9.80 Å². The van der Waals surface area contributed by atoms with E-state index in [0.717, 1.165) is 44.8 Å². The van der Waals surface area contributed by atoms with Crippen LogP contribution in [-0.4, -0.2) is 66.6 Å². The van der Waals surface area contributed by atoms with Crippen LogP contribution in [0.5, 0.6) is 0 Å². The average molecular weight is 339 g/mol. The zero-order valence-electron chi connectivity index (χ0n) is 14.0. The van der Waals surface area contributed by atoms with Gasteiger partial charge in [-0.05, 0) is 17.7 Å². The van der Waals surface area contributed by atoms with Gasteiger partial charge in [0, 0.05) is 50.2 Å². The number of benzene rings is 1. The van der Waals surface area contributed by atoms with Crippen LogP contribution < -0.4 is 0 Å². The van der Waals surface area contributed by atoms with E-state index in [9.17, 15) is 4.79 Å². The summed E-state index contributed by atoms with van der Waals surface area (Å²) in [5.74, 6) is 0.202. The third kappa shape index (κ3) is 5.28. The number of Topliss-reactive ketones (excluding diaryl/α,β-unsaturated/α-hetero) is 1. The Labute approximate surface area is 144 Å². The van der Waals surface area contributed by atoms with Crippen molar-refractivity contribution in [1.82, 2.24) is 9.80 Å². The standard InChI is InChI=1S/C18H27ClN2O2/c1-14(2)18(23)17(15-3-5-16(19)6-4-15)13-21-9-7-20(8-10-21)11-12-22/h3-6,14,17,22H,7-13H2,1-2H3/t17-/m1/s1. The largest absolute Gasteiger partial charge is 0.395 e. The predicted octanol–water partition coefficient (Wildman–Crippen LogP) is 2.26. The average Bonchev–Trinajstić information content (AvgIpc) is 2.55. The minimum Gasteiger partial charge on any atom is -0.395 e. The van der Waals surface area contributed by atoms with Gasteiger partial charge in [0.15, 0.2) is 0 Å². The quantitative estimate of drug-likeness (QED) is 0.828. The van der Waals surface area contributed by atoms with Gasteiger partial charge in [0.1, 0.15) is 5.78 Å². The zero-order chi connectivity index (χ0) is 16.8. The summed E-state index contributed by atoms with van der Waals surface area (Å²) in [7, 11) is 0. The number of carbonyl (C=O) groups is 1. The third-order valence-electron chi connectivity index (χ3n) is 4.51. The summed E-state index contributed by atoms with van der Waals surface area (Å²) in [6, 6.07) is 7.65. The van der Waals surface area contributed by atoms with E-state index in [4.69, 9.17) is 16.7 Å². The van der Waals surface area contributed by atoms with Crippen LogP contribution in [0.3, 0.4) is 0 Å². The molecule has 0 spiro atoms. The van der Waals surface area contributed by atoms with Crippen LogP contribution in [-0.2, 0) is 4.79 Å². The summed E-state index contributed by atoms with van der Waals surface area (Å²) < 4.78 is 0. The van der Waals surface area contributed by atoms with E-state index in [1.807, 2.05) is 38.1 Å². The van der Waals surface area contributed by atoms with Crippen molar-refractivity contribution in [2.45, 2.75) is 19.8 Å². The first kappa shape index (κ1) is 18.4. The van der Waals surface area contributed by atoms with E-state index in [1.54, 1.807) is 0 Å². The second-order valence-corrected chi connectivity index (χ2v) is 6.96. The Morgan fingerprint density at radius 3 is 2.22 bits per heavy atom. The van der Waals surface area contributed by atoms with Crippen molar-refractivity contribution in [1.29, 1.82) is 0 Å². The Morgan fingerprint density at radius 2 is 1.70 bits per heavy atom. The molecule has 1 N–H and O–H groups in total. The van der Waals surface area contributed by atoms with Crippen LogP contribution in [0, 0.1) is 5.92 Å². The lowest BCUT2D eigenvalue weighted by Crippen LogP contribution is -2.48. The molecule has 2 rings (SSSR count). The van der Waals surface area contributed by atoms with Gasteiger partial charge in [-0.25, -0.2) is 0 Å². The number of hydrogen-bond donors (Lipinski definition) is 1. The van der Waals surface area contributed by atoms with Gasteiger partial charge in [-0.3, -0.25) is 14.6 Å². The highest BCUT2D eigenvalue weighted by Gasteiger charge is 2.27. The van der Waals surface area contributed by atoms with Gasteiger partial charge in [0.2, 0.25) is 0 Å². The Kier molecular flexibility index (Phi) is 7.03. The molecule has 128 valence electrons. The van der Waals surface area contributed by atoms with Crippen LogP contribution in [0.1, 0.15) is 25.3 Å². The molecule has 0 saturated carbocycles. The molecule has 0 aromatic heterocycles. The number of β-amino-alcohol motifs (C(OH)–C–C–N with tert-alkyl or cyclic N) is 1. The number of rotatable bonds is 7. The summed E-state index contributed by atoms with van der Waals surface area (Å²) in [6.45, 7) is 9.40. The number of carbonyl (C=O) groups excluding carboxylic acids is 1. The van der Waals surface area contributed by atoms with E-state index in [-0.39, 0.29) is 24.2 Å². The Hall–Kier alpha value is -0.940. The maximum atomic E-state index is 12.7. The normalized spacial score (nSPS) is 18.3. The van der Waals surface area contributed by atoms with Crippen LogP contribution >= 0.6 is 11.6 Å². The molecular weight excluding hydrogens is 312 g/mol. The van der Waals surface area contributed by atoms with E-state index in [1.165, 1.54) is 0 Å². The molecule has 1 saturated heterocycles. The topological polar surface area (TPSA) is 43.8 Å². The molecule has 0 bridgehead atoms. The van der Waals surface area contributed by atoms with Crippen LogP contribution in [0.2, 0.25) is 5.02 Å². The first-order valence-electron chi connectivity index (χ1n) is 8.36. The predicted molar refractivity (Wildman–Crippen MR) is 94.0 cm³/mol. The van der Waals surface area contributed by atoms with Crippen molar-refractivity contribution in [3.05, 3.63) is 34.9 Å². The van der Waals surface area contributed by atoms with Crippen molar-refractivity contribution >= 4 is 17.4 Å². The SMILES string of the molecule is CC(C)C(=O)[C@H](CN1CCN(CCO)CC1)c1ccc(Cl)cc1. The van der Waals surface area contributed by atoms with Crippen molar-refractivity contribution in [3.63, 3.8) is 0 Å². The van der Waals surface area contributed by atoms with Gasteiger partial charge >= 0.3 is 0 Å². The zero-order valence-corrected chi connectivity index (χ0v) is 14.8. The Bertz CT molecular complexity index is 496. The fraction of sp³-hybridized carbons (Fsp3) is 0.611. The maximum Gasteiger partial charge on any atom is 0.144 e. The number of aliphatic hydroxyl groups excluding tert-OH is 1. The molecule has 5 heteroatoms. The van der Waals surface area contributed by atoms with E-state index in [0.29, 0.717) is 5.02 Å². The highest BCUT2D eigenvalue weighted by Crippen LogP contribution is 2.24. The number of aliphatic hydroxyl groups is 1. The Morgan fingerprint density at radius 1 is 1.13 bits per heavy atom. The molecule has 1 aromatic carbocycles. The fourth-order valence-corrected chi connectivity index (χ4v) is 3.18. The maximum absolute atomic E-state index is 12.7. The van der Waals surface area contributed by atoms with Gasteiger partial charge in [0.25, 0.3) is 0 Å². The first-order valence-corrected chi connectivity index (χ1v) is 8.74. The molecule has 0 radical (unpaired) electrons. The third-order valence-corrected chi connectivity index (χ3v) is 4.76. The molecule has 1 aliphatic heterocycles. The number of halogens is 1. The number of nitrogens with zero attached hydrogens (tertiary/aromatic N) is 2. The van der Waals surface area contributed by atoms with Crippen molar-refractivity contribution in [2.24, 2.45) is 5.92 Å². The summed E-state index contributed by atoms with van der Waals surface area (Å²) in [6.07, 6.45) is 0. The molecule has 1 heterocycles. The molecule has 1 atom stereocenters. The summed E-state index contributed by atoms with van der Waals surface area (Å²) >= 11 is 5.97. The fourth-order valence-electron chi connectivity index (χ4n) is 3.05. The molecule has 1 aromatic rings. The van der Waals surface area contributed by atoms with Gasteiger partial charge < -0.3 is 5.11 Å². The second-order valence-electron chi connectivity index (χ2n) is 6.53. The molecular formula is C18H27ClN2O2. The molecule has 1 aliphatic rings. The van der Waals surface area contributed by atoms with E-state index >= 15 is 0 Å². The first-order chi connectivity index (χ1) is 11.0. The summed E-state index contributed by atoms with van der Waals surface area (Å²) in [4.78, 5) is 17.3. The molecule has 23 heavy (non-hydrogen) atoms. The van der Waals surface area contributed by atoms with Crippen molar-refractivity contribution in [2.75, 3.05) is 45.9 Å². The van der Waals surface area contributed by atoms with E-state index < -0.39 is 0 Å². The molecule has 0 unspecified atom stereocenters. The van der Waals surface area contributed by atoms with Gasteiger partial charge in [-0.1, -0.05) is 37.6 Å². The lowest BCUT2D eigenvalue weighted by atomic mass is 9.88. The second kappa shape index (κ2) is 8.78. The highest BCUT2D eigenvalue weighted by atomic mass is 35.5. The van der Waals surface area contributed by atoms with Crippen molar-refractivity contribution in [3.8, 4) is 0 Å². The number of hydrogen-bond acceptors (Lipinski definition) is 4. The van der Waals surface area contributed by atoms with Crippen molar-refractivity contribution < 1.29 is 9.90 Å². The van der Waals surface area contributed by atoms with Gasteiger partial charge in [0.05, 0.1) is 12.5 Å². The monoisotopic (exact) mass is 338 g/mol. The molecule has 0 aliphatic carbocycles. The lowest BCUT2D eigenvalue weighted by molar-refractivity contribution is -0.124. The van der Waals surface area contributed by atoms with Crippen LogP contribution in [0.4, 0.5) is 0 Å². The van der Waals surface area contributed by atoms with Gasteiger partial charge in [-0.15, -0.1) is 0 Å². The minimum absolute atomic E-state index is 0.0198. The minimum atomic E-state index is -0.100. The lowest BCUT2D eigenvalue weighted by Gasteiger charge is -2.36. The van der Waals surface area contributed by atoms with Crippen LogP contribution in [0.15, 0.2) is 24.3 Å². The summed E-state index contributed by atoms with van der Waals surface area (Å²) in [5.41, 5.74) is 1.05. The molecule has 4 nitrogen and oxygen atoms in total. The van der Waals surface area contributed by atoms with Crippen LogP contribution in [0.25, 0.3) is 0 Å². The molecule has 1 fully saturated rings. The van der Waals surface area contributed by atoms with Gasteiger partial charge in [-0.2, -0.15) is 0 Å². The number of ketones is 1. The molecule has 0 amide bonds. The summed E-state index contributed by atoms with van der Waals surface area (Å²) in [5, 5.41) is 9.72.